The molecule has 2 atom stereocenters. The molecular formula is C26H33FN4O2. The van der Waals surface area contributed by atoms with E-state index in [1.807, 2.05) is 36.4 Å². The van der Waals surface area contributed by atoms with Crippen LogP contribution in [0.25, 0.3) is 22.0 Å². The van der Waals surface area contributed by atoms with E-state index in [1.165, 1.54) is 0 Å². The van der Waals surface area contributed by atoms with Gasteiger partial charge in [0.15, 0.2) is 5.82 Å². The lowest BCUT2D eigenvalue weighted by Gasteiger charge is -2.52. The molecule has 33 heavy (non-hydrogen) atoms. The van der Waals surface area contributed by atoms with Crippen LogP contribution in [-0.4, -0.2) is 65.7 Å². The van der Waals surface area contributed by atoms with E-state index in [0.29, 0.717) is 23.0 Å². The molecule has 0 radical (unpaired) electrons. The van der Waals surface area contributed by atoms with E-state index in [-0.39, 0.29) is 23.9 Å². The predicted octanol–water partition coefficient (Wildman–Crippen LogP) is 4.91. The summed E-state index contributed by atoms with van der Waals surface area (Å²) in [5.41, 5.74) is 1.19. The maximum atomic E-state index is 13.5. The summed E-state index contributed by atoms with van der Waals surface area (Å²) in [6.45, 7) is 7.50. The number of anilines is 1. The van der Waals surface area contributed by atoms with Crippen molar-refractivity contribution in [2.75, 3.05) is 38.8 Å². The van der Waals surface area contributed by atoms with E-state index in [1.54, 1.807) is 13.2 Å². The molecule has 0 aliphatic carbocycles. The van der Waals surface area contributed by atoms with Crippen molar-refractivity contribution in [1.29, 1.82) is 0 Å². The highest BCUT2D eigenvalue weighted by Gasteiger charge is 2.42. The highest BCUT2D eigenvalue weighted by Crippen LogP contribution is 2.37. The Morgan fingerprint density at radius 2 is 1.94 bits per heavy atom. The SMILES string of the molecule is COc1ccc2cc(-c3ccc(N(CCF)C4CCN(C)C(C)(C)C4C)nn3)c(O)cc2c1. The van der Waals surface area contributed by atoms with Gasteiger partial charge in [0, 0.05) is 30.2 Å². The molecule has 1 N–H and O–H groups in total. The summed E-state index contributed by atoms with van der Waals surface area (Å²) >= 11 is 0. The number of piperidine rings is 1. The predicted molar refractivity (Wildman–Crippen MR) is 131 cm³/mol. The number of hydrogen-bond acceptors (Lipinski definition) is 6. The largest absolute Gasteiger partial charge is 0.507 e. The molecule has 2 aromatic carbocycles. The molecule has 0 amide bonds. The Hall–Kier alpha value is -2.93. The summed E-state index contributed by atoms with van der Waals surface area (Å²) in [6.07, 6.45) is 0.944. The number of aromatic nitrogens is 2. The van der Waals surface area contributed by atoms with Crippen molar-refractivity contribution < 1.29 is 14.2 Å². The molecule has 7 heteroatoms. The van der Waals surface area contributed by atoms with Crippen molar-refractivity contribution in [3.63, 3.8) is 0 Å². The van der Waals surface area contributed by atoms with Crippen LogP contribution in [0, 0.1) is 5.92 Å². The van der Waals surface area contributed by atoms with Crippen molar-refractivity contribution >= 4 is 16.6 Å². The van der Waals surface area contributed by atoms with Gasteiger partial charge in [0.1, 0.15) is 18.2 Å². The Morgan fingerprint density at radius 3 is 2.61 bits per heavy atom. The van der Waals surface area contributed by atoms with Gasteiger partial charge in [-0.25, -0.2) is 4.39 Å². The molecule has 1 aliphatic rings. The number of methoxy groups -OCH3 is 1. The Kier molecular flexibility index (Phi) is 6.43. The number of alkyl halides is 1. The molecule has 0 spiro atoms. The number of phenols is 1. The number of phenolic OH excluding ortho intramolecular Hbond substituents is 1. The van der Waals surface area contributed by atoms with Gasteiger partial charge in [0.05, 0.1) is 12.8 Å². The summed E-state index contributed by atoms with van der Waals surface area (Å²) in [5, 5.41) is 21.4. The summed E-state index contributed by atoms with van der Waals surface area (Å²) in [7, 11) is 3.76. The van der Waals surface area contributed by atoms with Crippen molar-refractivity contribution in [3.05, 3.63) is 42.5 Å². The number of hydrogen-bond donors (Lipinski definition) is 1. The van der Waals surface area contributed by atoms with Gasteiger partial charge in [-0.3, -0.25) is 0 Å². The maximum Gasteiger partial charge on any atom is 0.151 e. The Morgan fingerprint density at radius 1 is 1.15 bits per heavy atom. The van der Waals surface area contributed by atoms with E-state index in [4.69, 9.17) is 4.74 Å². The van der Waals surface area contributed by atoms with Crippen LogP contribution in [0.2, 0.25) is 0 Å². The first-order valence-corrected chi connectivity index (χ1v) is 11.4. The summed E-state index contributed by atoms with van der Waals surface area (Å²) in [6, 6.07) is 13.2. The van der Waals surface area contributed by atoms with Crippen LogP contribution in [0.3, 0.4) is 0 Å². The second-order valence-corrected chi connectivity index (χ2v) is 9.46. The second-order valence-electron chi connectivity index (χ2n) is 9.46. The Balaban J connectivity index is 1.64. The fraction of sp³-hybridized carbons (Fsp3) is 0.462. The zero-order valence-electron chi connectivity index (χ0n) is 20.0. The van der Waals surface area contributed by atoms with Crippen LogP contribution >= 0.6 is 0 Å². The molecular weight excluding hydrogens is 419 g/mol. The third-order valence-corrected chi connectivity index (χ3v) is 7.54. The quantitative estimate of drug-likeness (QED) is 0.574. The molecule has 176 valence electrons. The lowest BCUT2D eigenvalue weighted by atomic mass is 9.76. The monoisotopic (exact) mass is 452 g/mol. The number of fused-ring (bicyclic) bond motifs is 1. The molecule has 3 aromatic rings. The minimum atomic E-state index is -0.447. The molecule has 1 aromatic heterocycles. The average molecular weight is 453 g/mol. The van der Waals surface area contributed by atoms with Gasteiger partial charge >= 0.3 is 0 Å². The third kappa shape index (κ3) is 4.34. The first-order chi connectivity index (χ1) is 15.8. The van der Waals surface area contributed by atoms with Gasteiger partial charge in [-0.15, -0.1) is 10.2 Å². The van der Waals surface area contributed by atoms with Crippen LogP contribution in [0.4, 0.5) is 10.2 Å². The van der Waals surface area contributed by atoms with E-state index < -0.39 is 6.67 Å². The number of likely N-dealkylation sites (tertiary alicyclic amines) is 1. The van der Waals surface area contributed by atoms with Gasteiger partial charge in [-0.1, -0.05) is 13.0 Å². The number of aromatic hydroxyl groups is 1. The summed E-state index contributed by atoms with van der Waals surface area (Å²) in [5.74, 6) is 1.85. The lowest BCUT2D eigenvalue weighted by molar-refractivity contribution is 0.0375. The van der Waals surface area contributed by atoms with Gasteiger partial charge in [-0.05, 0) is 80.4 Å². The summed E-state index contributed by atoms with van der Waals surface area (Å²) < 4.78 is 18.8. The van der Waals surface area contributed by atoms with Gasteiger partial charge in [0.25, 0.3) is 0 Å². The van der Waals surface area contributed by atoms with E-state index in [2.05, 4.69) is 47.8 Å². The molecule has 1 aliphatic heterocycles. The average Bonchev–Trinajstić information content (AvgIpc) is 2.81. The Bertz CT molecular complexity index is 1120. The fourth-order valence-corrected chi connectivity index (χ4v) is 4.87. The number of halogens is 1. The zero-order chi connectivity index (χ0) is 23.8. The smallest absolute Gasteiger partial charge is 0.151 e. The molecule has 1 saturated heterocycles. The van der Waals surface area contributed by atoms with Gasteiger partial charge in [-0.2, -0.15) is 0 Å². The minimum absolute atomic E-state index is 0.00438. The molecule has 0 bridgehead atoms. The maximum absolute atomic E-state index is 13.5. The van der Waals surface area contributed by atoms with Crippen molar-refractivity contribution in [2.24, 2.45) is 5.92 Å². The van der Waals surface area contributed by atoms with E-state index in [0.717, 1.165) is 29.5 Å². The number of benzene rings is 2. The molecule has 2 unspecified atom stereocenters. The highest BCUT2D eigenvalue weighted by molar-refractivity contribution is 5.90. The summed E-state index contributed by atoms with van der Waals surface area (Å²) in [4.78, 5) is 4.43. The van der Waals surface area contributed by atoms with Crippen LogP contribution in [-0.2, 0) is 0 Å². The van der Waals surface area contributed by atoms with Gasteiger partial charge < -0.3 is 19.6 Å². The van der Waals surface area contributed by atoms with Crippen LogP contribution in [0.5, 0.6) is 11.5 Å². The van der Waals surface area contributed by atoms with Crippen LogP contribution in [0.1, 0.15) is 27.2 Å². The third-order valence-electron chi connectivity index (χ3n) is 7.54. The van der Waals surface area contributed by atoms with E-state index in [9.17, 15) is 9.50 Å². The number of rotatable bonds is 6. The standard InChI is InChI=1S/C26H33FN4O2/c1-17-23(10-12-30(4)26(17,2)3)31(13-11-27)25-9-8-22(28-29-25)21-15-18-6-7-20(33-5)14-19(18)16-24(21)32/h6-9,14-17,23,32H,10-13H2,1-5H3. The highest BCUT2D eigenvalue weighted by atomic mass is 19.1. The van der Waals surface area contributed by atoms with Crippen LogP contribution < -0.4 is 9.64 Å². The molecule has 0 saturated carbocycles. The van der Waals surface area contributed by atoms with Gasteiger partial charge in [0.2, 0.25) is 0 Å². The Labute approximate surface area is 195 Å². The van der Waals surface area contributed by atoms with Crippen molar-refractivity contribution in [1.82, 2.24) is 15.1 Å². The van der Waals surface area contributed by atoms with Crippen molar-refractivity contribution in [3.8, 4) is 22.8 Å². The lowest BCUT2D eigenvalue weighted by Crippen LogP contribution is -2.60. The molecule has 6 nitrogen and oxygen atoms in total. The van der Waals surface area contributed by atoms with E-state index >= 15 is 0 Å². The number of ether oxygens (including phenoxy) is 1. The minimum Gasteiger partial charge on any atom is -0.507 e. The van der Waals surface area contributed by atoms with Crippen molar-refractivity contribution in [2.45, 2.75) is 38.8 Å². The first kappa shape index (κ1) is 23.2. The topological polar surface area (TPSA) is 61.7 Å². The molecule has 4 rings (SSSR count). The first-order valence-electron chi connectivity index (χ1n) is 11.4. The fourth-order valence-electron chi connectivity index (χ4n) is 4.87. The number of nitrogens with zero attached hydrogens (tertiary/aromatic N) is 4. The molecule has 2 heterocycles. The normalized spacial score (nSPS) is 20.7. The molecule has 1 fully saturated rings. The van der Waals surface area contributed by atoms with Crippen LogP contribution in [0.15, 0.2) is 42.5 Å². The second kappa shape index (κ2) is 9.14. The zero-order valence-corrected chi connectivity index (χ0v) is 20.0.